The lowest BCUT2D eigenvalue weighted by Gasteiger charge is -2.15. The number of hydrogen-bond acceptors (Lipinski definition) is 1. The van der Waals surface area contributed by atoms with Crippen LogP contribution in [0.3, 0.4) is 0 Å². The van der Waals surface area contributed by atoms with Crippen LogP contribution in [-0.4, -0.2) is 6.10 Å². The van der Waals surface area contributed by atoms with Crippen LogP contribution < -0.4 is 0 Å². The van der Waals surface area contributed by atoms with Crippen molar-refractivity contribution in [3.8, 4) is 0 Å². The van der Waals surface area contributed by atoms with E-state index in [1.165, 1.54) is 0 Å². The fourth-order valence-electron chi connectivity index (χ4n) is 1.07. The molecular weight excluding hydrogens is 136 g/mol. The van der Waals surface area contributed by atoms with Gasteiger partial charge in [-0.25, -0.2) is 0 Å². The SMILES string of the molecule is CC1C=CC(OC(C)C)=CC1. The zero-order valence-corrected chi connectivity index (χ0v) is 7.50. The zero-order valence-electron chi connectivity index (χ0n) is 7.50. The Morgan fingerprint density at radius 2 is 2.27 bits per heavy atom. The first-order chi connectivity index (χ1) is 5.18. The van der Waals surface area contributed by atoms with Crippen LogP contribution in [0.2, 0.25) is 0 Å². The number of rotatable bonds is 2. The molecular formula is C10H16O. The second-order valence-corrected chi connectivity index (χ2v) is 3.35. The van der Waals surface area contributed by atoms with E-state index in [1.54, 1.807) is 0 Å². The third kappa shape index (κ3) is 2.79. The first kappa shape index (κ1) is 8.38. The van der Waals surface area contributed by atoms with Crippen LogP contribution in [0.25, 0.3) is 0 Å². The molecule has 0 aromatic heterocycles. The van der Waals surface area contributed by atoms with Crippen molar-refractivity contribution >= 4 is 0 Å². The fraction of sp³-hybridized carbons (Fsp3) is 0.600. The van der Waals surface area contributed by atoms with E-state index in [0.29, 0.717) is 12.0 Å². The Bertz CT molecular complexity index is 177. The topological polar surface area (TPSA) is 9.23 Å². The second-order valence-electron chi connectivity index (χ2n) is 3.35. The molecule has 0 saturated heterocycles. The molecule has 0 N–H and O–H groups in total. The van der Waals surface area contributed by atoms with Gasteiger partial charge in [0.1, 0.15) is 5.76 Å². The molecule has 0 amide bonds. The lowest BCUT2D eigenvalue weighted by Crippen LogP contribution is -2.04. The molecule has 62 valence electrons. The smallest absolute Gasteiger partial charge is 0.115 e. The molecule has 0 spiro atoms. The normalized spacial score (nSPS) is 23.6. The van der Waals surface area contributed by atoms with Gasteiger partial charge in [-0.3, -0.25) is 0 Å². The summed E-state index contributed by atoms with van der Waals surface area (Å²) in [5.74, 6) is 1.70. The van der Waals surface area contributed by atoms with Gasteiger partial charge < -0.3 is 4.74 Å². The molecule has 0 fully saturated rings. The Kier molecular flexibility index (Phi) is 2.75. The summed E-state index contributed by atoms with van der Waals surface area (Å²) in [4.78, 5) is 0. The monoisotopic (exact) mass is 152 g/mol. The average Bonchev–Trinajstić information content (AvgIpc) is 1.93. The molecule has 0 bridgehead atoms. The molecule has 1 rings (SSSR count). The van der Waals surface area contributed by atoms with E-state index in [-0.39, 0.29) is 0 Å². The quantitative estimate of drug-likeness (QED) is 0.591. The lowest BCUT2D eigenvalue weighted by molar-refractivity contribution is 0.155. The van der Waals surface area contributed by atoms with Gasteiger partial charge in [-0.05, 0) is 38.3 Å². The molecule has 1 atom stereocenters. The molecule has 0 aliphatic heterocycles. The minimum absolute atomic E-state index is 0.291. The summed E-state index contributed by atoms with van der Waals surface area (Å²) >= 11 is 0. The van der Waals surface area contributed by atoms with Crippen molar-refractivity contribution in [1.82, 2.24) is 0 Å². The van der Waals surface area contributed by atoms with Crippen molar-refractivity contribution in [2.75, 3.05) is 0 Å². The molecule has 0 radical (unpaired) electrons. The molecule has 1 aliphatic rings. The highest BCUT2D eigenvalue weighted by Crippen LogP contribution is 2.17. The standard InChI is InChI=1S/C10H16O/c1-8(2)11-10-6-4-9(3)5-7-10/h4,6-9H,5H2,1-3H3. The van der Waals surface area contributed by atoms with E-state index in [0.717, 1.165) is 12.2 Å². The van der Waals surface area contributed by atoms with Crippen molar-refractivity contribution < 1.29 is 4.74 Å². The summed E-state index contributed by atoms with van der Waals surface area (Å²) in [5, 5.41) is 0. The van der Waals surface area contributed by atoms with E-state index in [9.17, 15) is 0 Å². The Hall–Kier alpha value is -0.720. The summed E-state index contributed by atoms with van der Waals surface area (Å²) in [5.41, 5.74) is 0. The minimum Gasteiger partial charge on any atom is -0.491 e. The summed E-state index contributed by atoms with van der Waals surface area (Å²) in [6.45, 7) is 6.30. The molecule has 1 heteroatoms. The summed E-state index contributed by atoms with van der Waals surface area (Å²) in [6.07, 6.45) is 7.81. The van der Waals surface area contributed by atoms with Gasteiger partial charge in [0, 0.05) is 0 Å². The van der Waals surface area contributed by atoms with Crippen LogP contribution in [0.15, 0.2) is 24.0 Å². The fourth-order valence-corrected chi connectivity index (χ4v) is 1.07. The number of ether oxygens (including phenoxy) is 1. The second kappa shape index (κ2) is 3.61. The molecule has 0 aromatic carbocycles. The predicted octanol–water partition coefficient (Wildman–Crippen LogP) is 2.89. The Morgan fingerprint density at radius 1 is 1.55 bits per heavy atom. The Morgan fingerprint density at radius 3 is 2.73 bits per heavy atom. The highest BCUT2D eigenvalue weighted by molar-refractivity contribution is 5.17. The number of hydrogen-bond donors (Lipinski definition) is 0. The van der Waals surface area contributed by atoms with Gasteiger partial charge in [0.15, 0.2) is 0 Å². The van der Waals surface area contributed by atoms with Gasteiger partial charge in [0.05, 0.1) is 6.10 Å². The summed E-state index contributed by atoms with van der Waals surface area (Å²) in [7, 11) is 0. The molecule has 0 heterocycles. The third-order valence-corrected chi connectivity index (χ3v) is 1.65. The zero-order chi connectivity index (χ0) is 8.27. The molecule has 1 aliphatic carbocycles. The third-order valence-electron chi connectivity index (χ3n) is 1.65. The molecule has 11 heavy (non-hydrogen) atoms. The average molecular weight is 152 g/mol. The van der Waals surface area contributed by atoms with Crippen molar-refractivity contribution in [2.45, 2.75) is 33.3 Å². The van der Waals surface area contributed by atoms with E-state index >= 15 is 0 Å². The maximum atomic E-state index is 5.51. The van der Waals surface area contributed by atoms with Gasteiger partial charge in [-0.15, -0.1) is 0 Å². The highest BCUT2D eigenvalue weighted by atomic mass is 16.5. The van der Waals surface area contributed by atoms with Crippen LogP contribution in [0, 0.1) is 5.92 Å². The Balaban J connectivity index is 2.43. The van der Waals surface area contributed by atoms with Crippen molar-refractivity contribution in [3.63, 3.8) is 0 Å². The van der Waals surface area contributed by atoms with E-state index in [4.69, 9.17) is 4.74 Å². The van der Waals surface area contributed by atoms with Crippen molar-refractivity contribution in [1.29, 1.82) is 0 Å². The van der Waals surface area contributed by atoms with Gasteiger partial charge in [0.25, 0.3) is 0 Å². The summed E-state index contributed by atoms with van der Waals surface area (Å²) in [6, 6.07) is 0. The van der Waals surface area contributed by atoms with Crippen molar-refractivity contribution in [2.24, 2.45) is 5.92 Å². The van der Waals surface area contributed by atoms with Crippen molar-refractivity contribution in [3.05, 3.63) is 24.0 Å². The van der Waals surface area contributed by atoms with Gasteiger partial charge in [0.2, 0.25) is 0 Å². The minimum atomic E-state index is 0.291. The lowest BCUT2D eigenvalue weighted by atomic mass is 10.0. The van der Waals surface area contributed by atoms with Gasteiger partial charge >= 0.3 is 0 Å². The van der Waals surface area contributed by atoms with E-state index < -0.39 is 0 Å². The van der Waals surface area contributed by atoms with Crippen LogP contribution >= 0.6 is 0 Å². The van der Waals surface area contributed by atoms with Crippen LogP contribution in [-0.2, 0) is 4.74 Å². The molecule has 0 aromatic rings. The Labute approximate surface area is 68.8 Å². The predicted molar refractivity (Wildman–Crippen MR) is 47.2 cm³/mol. The van der Waals surface area contributed by atoms with Gasteiger partial charge in [-0.2, -0.15) is 0 Å². The molecule has 0 saturated carbocycles. The van der Waals surface area contributed by atoms with Crippen LogP contribution in [0.5, 0.6) is 0 Å². The van der Waals surface area contributed by atoms with E-state index in [2.05, 4.69) is 25.2 Å². The maximum Gasteiger partial charge on any atom is 0.115 e. The maximum absolute atomic E-state index is 5.51. The largest absolute Gasteiger partial charge is 0.491 e. The molecule has 1 nitrogen and oxygen atoms in total. The van der Waals surface area contributed by atoms with Crippen LogP contribution in [0.1, 0.15) is 27.2 Å². The first-order valence-electron chi connectivity index (χ1n) is 4.23. The van der Waals surface area contributed by atoms with E-state index in [1.807, 2.05) is 13.8 Å². The summed E-state index contributed by atoms with van der Waals surface area (Å²) < 4.78 is 5.51. The van der Waals surface area contributed by atoms with Crippen LogP contribution in [0.4, 0.5) is 0 Å². The first-order valence-corrected chi connectivity index (χ1v) is 4.23. The highest BCUT2D eigenvalue weighted by Gasteiger charge is 2.04. The van der Waals surface area contributed by atoms with Gasteiger partial charge in [-0.1, -0.05) is 13.0 Å². The molecule has 1 unspecified atom stereocenters. The number of allylic oxidation sites excluding steroid dienone is 3.